The van der Waals surface area contributed by atoms with Gasteiger partial charge in [0, 0.05) is 11.9 Å². The second-order valence-electron chi connectivity index (χ2n) is 5.21. The van der Waals surface area contributed by atoms with Crippen molar-refractivity contribution >= 4 is 22.4 Å². The lowest BCUT2D eigenvalue weighted by molar-refractivity contribution is 0.0467. The third kappa shape index (κ3) is 5.19. The van der Waals surface area contributed by atoms with E-state index in [9.17, 15) is 4.79 Å². The molecule has 5 heteroatoms. The number of thiazole rings is 1. The van der Waals surface area contributed by atoms with Crippen LogP contribution < -0.4 is 5.32 Å². The SMILES string of the molecule is CC(C)CCNc1nc(C(=O)OCc2ccccc2)cs1. The van der Waals surface area contributed by atoms with Crippen molar-refractivity contribution in [2.45, 2.75) is 26.9 Å². The van der Waals surface area contributed by atoms with E-state index in [1.165, 1.54) is 11.3 Å². The van der Waals surface area contributed by atoms with Crippen LogP contribution in [0.2, 0.25) is 0 Å². The van der Waals surface area contributed by atoms with Gasteiger partial charge in [-0.3, -0.25) is 0 Å². The van der Waals surface area contributed by atoms with Crippen LogP contribution in [-0.4, -0.2) is 17.5 Å². The van der Waals surface area contributed by atoms with Crippen molar-refractivity contribution in [3.05, 3.63) is 47.0 Å². The van der Waals surface area contributed by atoms with Gasteiger partial charge in [0.25, 0.3) is 0 Å². The molecule has 0 aliphatic carbocycles. The van der Waals surface area contributed by atoms with Gasteiger partial charge < -0.3 is 10.1 Å². The Hall–Kier alpha value is -1.88. The van der Waals surface area contributed by atoms with E-state index in [2.05, 4.69) is 24.1 Å². The minimum Gasteiger partial charge on any atom is -0.456 e. The van der Waals surface area contributed by atoms with Gasteiger partial charge in [-0.15, -0.1) is 11.3 Å². The van der Waals surface area contributed by atoms with Gasteiger partial charge in [-0.2, -0.15) is 0 Å². The Labute approximate surface area is 129 Å². The standard InChI is InChI=1S/C16H20N2O2S/c1-12(2)8-9-17-16-18-14(11-21-16)15(19)20-10-13-6-4-3-5-7-13/h3-7,11-12H,8-10H2,1-2H3,(H,17,18). The normalized spacial score (nSPS) is 10.6. The Balaban J connectivity index is 1.81. The van der Waals surface area contributed by atoms with Gasteiger partial charge in [0.2, 0.25) is 0 Å². The molecule has 1 aromatic heterocycles. The molecule has 0 amide bonds. The number of carbonyl (C=O) groups excluding carboxylic acids is 1. The molecule has 1 N–H and O–H groups in total. The van der Waals surface area contributed by atoms with Crippen LogP contribution in [0.3, 0.4) is 0 Å². The van der Waals surface area contributed by atoms with E-state index < -0.39 is 0 Å². The highest BCUT2D eigenvalue weighted by molar-refractivity contribution is 7.13. The highest BCUT2D eigenvalue weighted by Gasteiger charge is 2.12. The van der Waals surface area contributed by atoms with E-state index in [4.69, 9.17) is 4.74 Å². The Morgan fingerprint density at radius 2 is 2.10 bits per heavy atom. The van der Waals surface area contributed by atoms with E-state index in [0.717, 1.165) is 23.7 Å². The summed E-state index contributed by atoms with van der Waals surface area (Å²) in [7, 11) is 0. The Morgan fingerprint density at radius 1 is 1.33 bits per heavy atom. The quantitative estimate of drug-likeness (QED) is 0.787. The minimum absolute atomic E-state index is 0.271. The lowest BCUT2D eigenvalue weighted by Gasteiger charge is -2.05. The molecule has 2 aromatic rings. The van der Waals surface area contributed by atoms with E-state index in [1.54, 1.807) is 5.38 Å². The van der Waals surface area contributed by atoms with Crippen LogP contribution in [0.1, 0.15) is 36.3 Å². The third-order valence-electron chi connectivity index (χ3n) is 2.92. The van der Waals surface area contributed by atoms with Crippen molar-refractivity contribution in [2.24, 2.45) is 5.92 Å². The van der Waals surface area contributed by atoms with Gasteiger partial charge in [-0.1, -0.05) is 44.2 Å². The summed E-state index contributed by atoms with van der Waals surface area (Å²) >= 11 is 1.43. The number of carbonyl (C=O) groups is 1. The number of ether oxygens (including phenoxy) is 1. The van der Waals surface area contributed by atoms with Crippen LogP contribution in [0, 0.1) is 5.92 Å². The zero-order chi connectivity index (χ0) is 15.1. The number of hydrogen-bond donors (Lipinski definition) is 1. The number of anilines is 1. The van der Waals surface area contributed by atoms with Crippen molar-refractivity contribution in [1.29, 1.82) is 0 Å². The Bertz CT molecular complexity index is 567. The predicted octanol–water partition coefficient (Wildman–Crippen LogP) is 3.96. The topological polar surface area (TPSA) is 51.2 Å². The van der Waals surface area contributed by atoms with Crippen molar-refractivity contribution in [3.63, 3.8) is 0 Å². The summed E-state index contributed by atoms with van der Waals surface area (Å²) in [6.45, 7) is 5.49. The van der Waals surface area contributed by atoms with E-state index in [0.29, 0.717) is 11.6 Å². The summed E-state index contributed by atoms with van der Waals surface area (Å²) in [4.78, 5) is 16.2. The molecule has 0 bridgehead atoms. The average molecular weight is 304 g/mol. The van der Waals surface area contributed by atoms with Gasteiger partial charge in [0.1, 0.15) is 6.61 Å². The minimum atomic E-state index is -0.382. The first kappa shape index (κ1) is 15.5. The number of nitrogens with one attached hydrogen (secondary N) is 1. The first-order valence-electron chi connectivity index (χ1n) is 7.05. The van der Waals surface area contributed by atoms with Crippen molar-refractivity contribution in [2.75, 3.05) is 11.9 Å². The molecule has 0 radical (unpaired) electrons. The number of rotatable bonds is 7. The van der Waals surface area contributed by atoms with Gasteiger partial charge in [-0.25, -0.2) is 9.78 Å². The maximum atomic E-state index is 11.9. The lowest BCUT2D eigenvalue weighted by Crippen LogP contribution is -2.07. The van der Waals surface area contributed by atoms with Gasteiger partial charge in [0.15, 0.2) is 10.8 Å². The molecular formula is C16H20N2O2S. The molecule has 4 nitrogen and oxygen atoms in total. The first-order chi connectivity index (χ1) is 10.1. The zero-order valence-corrected chi connectivity index (χ0v) is 13.2. The Kier molecular flexibility index (Phi) is 5.75. The maximum Gasteiger partial charge on any atom is 0.358 e. The smallest absolute Gasteiger partial charge is 0.358 e. The van der Waals surface area contributed by atoms with Crippen molar-refractivity contribution < 1.29 is 9.53 Å². The van der Waals surface area contributed by atoms with E-state index >= 15 is 0 Å². The van der Waals surface area contributed by atoms with Crippen LogP contribution >= 0.6 is 11.3 Å². The molecule has 0 aliphatic heterocycles. The Morgan fingerprint density at radius 3 is 2.81 bits per heavy atom. The molecule has 112 valence electrons. The number of esters is 1. The highest BCUT2D eigenvalue weighted by atomic mass is 32.1. The number of hydrogen-bond acceptors (Lipinski definition) is 5. The molecule has 1 aromatic carbocycles. The molecule has 2 rings (SSSR count). The van der Waals surface area contributed by atoms with Gasteiger partial charge in [0.05, 0.1) is 0 Å². The predicted molar refractivity (Wildman–Crippen MR) is 85.6 cm³/mol. The molecule has 0 atom stereocenters. The largest absolute Gasteiger partial charge is 0.456 e. The molecule has 1 heterocycles. The number of aromatic nitrogens is 1. The van der Waals surface area contributed by atoms with Crippen LogP contribution in [-0.2, 0) is 11.3 Å². The molecule has 0 spiro atoms. The van der Waals surface area contributed by atoms with Crippen LogP contribution in [0.15, 0.2) is 35.7 Å². The van der Waals surface area contributed by atoms with Crippen LogP contribution in [0.25, 0.3) is 0 Å². The molecule has 0 unspecified atom stereocenters. The summed E-state index contributed by atoms with van der Waals surface area (Å²) in [5.74, 6) is 0.264. The molecular weight excluding hydrogens is 284 g/mol. The summed E-state index contributed by atoms with van der Waals surface area (Å²) in [6, 6.07) is 9.62. The van der Waals surface area contributed by atoms with Crippen LogP contribution in [0.5, 0.6) is 0 Å². The molecule has 0 aliphatic rings. The first-order valence-corrected chi connectivity index (χ1v) is 7.93. The fraction of sp³-hybridized carbons (Fsp3) is 0.375. The lowest BCUT2D eigenvalue weighted by atomic mass is 10.1. The highest BCUT2D eigenvalue weighted by Crippen LogP contribution is 2.17. The molecule has 0 fully saturated rings. The summed E-state index contributed by atoms with van der Waals surface area (Å²) in [6.07, 6.45) is 1.08. The fourth-order valence-electron chi connectivity index (χ4n) is 1.71. The monoisotopic (exact) mass is 304 g/mol. The molecule has 0 saturated carbocycles. The fourth-order valence-corrected chi connectivity index (χ4v) is 2.42. The third-order valence-corrected chi connectivity index (χ3v) is 3.72. The second kappa shape index (κ2) is 7.78. The zero-order valence-electron chi connectivity index (χ0n) is 12.3. The summed E-state index contributed by atoms with van der Waals surface area (Å²) in [5.41, 5.74) is 1.33. The van der Waals surface area contributed by atoms with Crippen molar-refractivity contribution in [1.82, 2.24) is 4.98 Å². The number of benzene rings is 1. The molecule has 21 heavy (non-hydrogen) atoms. The van der Waals surface area contributed by atoms with E-state index in [1.807, 2.05) is 30.3 Å². The van der Waals surface area contributed by atoms with Gasteiger partial charge in [-0.05, 0) is 17.9 Å². The molecule has 0 saturated heterocycles. The van der Waals surface area contributed by atoms with Gasteiger partial charge >= 0.3 is 5.97 Å². The van der Waals surface area contributed by atoms with Crippen LogP contribution in [0.4, 0.5) is 5.13 Å². The number of nitrogens with zero attached hydrogens (tertiary/aromatic N) is 1. The van der Waals surface area contributed by atoms with Crippen molar-refractivity contribution in [3.8, 4) is 0 Å². The maximum absolute atomic E-state index is 11.9. The summed E-state index contributed by atoms with van der Waals surface area (Å²) < 4.78 is 5.25. The van der Waals surface area contributed by atoms with E-state index in [-0.39, 0.29) is 12.6 Å². The average Bonchev–Trinajstić information content (AvgIpc) is 2.94. The second-order valence-corrected chi connectivity index (χ2v) is 6.07. The summed E-state index contributed by atoms with van der Waals surface area (Å²) in [5, 5.41) is 5.72.